The zero-order valence-corrected chi connectivity index (χ0v) is 9.74. The fourth-order valence-electron chi connectivity index (χ4n) is 1.16. The summed E-state index contributed by atoms with van der Waals surface area (Å²) >= 11 is 0. The number of carbonyl (C=O) groups is 1. The molecule has 0 spiro atoms. The van der Waals surface area contributed by atoms with E-state index in [1.54, 1.807) is 6.92 Å². The highest BCUT2D eigenvalue weighted by atomic mass is 16.4. The zero-order chi connectivity index (χ0) is 12.3. The van der Waals surface area contributed by atoms with E-state index in [1.165, 1.54) is 12.1 Å². The number of pyridine rings is 1. The Morgan fingerprint density at radius 2 is 2.12 bits per heavy atom. The number of aromatic carboxylic acids is 1. The zero-order valence-electron chi connectivity index (χ0n) is 9.74. The molecule has 1 aromatic rings. The molecule has 2 N–H and O–H groups in total. The summed E-state index contributed by atoms with van der Waals surface area (Å²) in [5.41, 5.74) is 1.71. The number of rotatable bonds is 4. The van der Waals surface area contributed by atoms with Crippen LogP contribution < -0.4 is 5.32 Å². The Kier molecular flexibility index (Phi) is 3.66. The minimum atomic E-state index is -0.955. The molecule has 1 heterocycles. The maximum absolute atomic E-state index is 10.8. The highest BCUT2D eigenvalue weighted by molar-refractivity contribution is 5.88. The largest absolute Gasteiger partial charge is 0.478 e. The average molecular weight is 220 g/mol. The van der Waals surface area contributed by atoms with Crippen molar-refractivity contribution in [2.45, 2.75) is 20.8 Å². The number of hydrogen-bond acceptors (Lipinski definition) is 3. The molecular weight excluding hydrogens is 204 g/mol. The van der Waals surface area contributed by atoms with Crippen LogP contribution in [0.3, 0.4) is 0 Å². The molecule has 0 radical (unpaired) electrons. The molecular formula is C12H16N2O2. The minimum absolute atomic E-state index is 0.228. The lowest BCUT2D eigenvalue weighted by atomic mass is 10.1. The van der Waals surface area contributed by atoms with Crippen molar-refractivity contribution in [3.8, 4) is 0 Å². The number of carboxylic acid groups (broad SMARTS) is 1. The summed E-state index contributed by atoms with van der Waals surface area (Å²) in [6, 6.07) is 3.04. The van der Waals surface area contributed by atoms with Gasteiger partial charge in [-0.3, -0.25) is 0 Å². The molecule has 0 saturated heterocycles. The third-order valence-corrected chi connectivity index (χ3v) is 2.19. The molecule has 0 aliphatic rings. The molecule has 0 amide bonds. The summed E-state index contributed by atoms with van der Waals surface area (Å²) in [6.07, 6.45) is 0. The number of allylic oxidation sites excluding steroid dienone is 1. The summed E-state index contributed by atoms with van der Waals surface area (Å²) < 4.78 is 0. The molecule has 86 valence electrons. The lowest BCUT2D eigenvalue weighted by molar-refractivity contribution is 0.0696. The molecule has 0 saturated carbocycles. The number of nitrogens with one attached hydrogen (secondary N) is 1. The van der Waals surface area contributed by atoms with E-state index in [2.05, 4.69) is 16.9 Å². The van der Waals surface area contributed by atoms with Crippen LogP contribution in [-0.2, 0) is 0 Å². The Labute approximate surface area is 95.0 Å². The second kappa shape index (κ2) is 4.79. The van der Waals surface area contributed by atoms with Crippen LogP contribution in [0.2, 0.25) is 0 Å². The highest BCUT2D eigenvalue weighted by Crippen LogP contribution is 2.15. The molecule has 1 rings (SSSR count). The summed E-state index contributed by atoms with van der Waals surface area (Å²) in [5, 5.41) is 11.9. The van der Waals surface area contributed by atoms with Crippen molar-refractivity contribution in [3.63, 3.8) is 0 Å². The number of carboxylic acids is 1. The van der Waals surface area contributed by atoms with Crippen LogP contribution in [0.1, 0.15) is 29.9 Å². The van der Waals surface area contributed by atoms with E-state index < -0.39 is 5.97 Å². The normalized spacial score (nSPS) is 10.2. The summed E-state index contributed by atoms with van der Waals surface area (Å²) in [6.45, 7) is 9.62. The summed E-state index contributed by atoms with van der Waals surface area (Å²) in [7, 11) is 0. The van der Waals surface area contributed by atoms with Gasteiger partial charge in [0.05, 0.1) is 5.56 Å². The maximum Gasteiger partial charge on any atom is 0.335 e. The lowest BCUT2D eigenvalue weighted by Gasteiger charge is -2.12. The first-order valence-corrected chi connectivity index (χ1v) is 5.08. The molecule has 0 atom stereocenters. The van der Waals surface area contributed by atoms with E-state index in [0.29, 0.717) is 11.5 Å². The van der Waals surface area contributed by atoms with Gasteiger partial charge in [0, 0.05) is 11.4 Å². The van der Waals surface area contributed by atoms with Gasteiger partial charge in [-0.05, 0) is 25.0 Å². The highest BCUT2D eigenvalue weighted by Gasteiger charge is 2.08. The molecule has 0 aliphatic heterocycles. The first-order valence-electron chi connectivity index (χ1n) is 5.08. The number of nitrogens with zero attached hydrogens (tertiary/aromatic N) is 1. The molecule has 4 nitrogen and oxygen atoms in total. The number of aryl methyl sites for hydroxylation is 1. The van der Waals surface area contributed by atoms with E-state index in [4.69, 9.17) is 5.11 Å². The summed E-state index contributed by atoms with van der Waals surface area (Å²) in [4.78, 5) is 15.1. The van der Waals surface area contributed by atoms with Crippen molar-refractivity contribution >= 4 is 11.8 Å². The Bertz CT molecular complexity index is 425. The van der Waals surface area contributed by atoms with Gasteiger partial charge >= 0.3 is 5.97 Å². The predicted octanol–water partition coefficient (Wildman–Crippen LogP) is 2.67. The topological polar surface area (TPSA) is 62.2 Å². The number of aromatic nitrogens is 1. The van der Waals surface area contributed by atoms with Crippen LogP contribution >= 0.6 is 0 Å². The molecule has 0 unspecified atom stereocenters. The smallest absolute Gasteiger partial charge is 0.335 e. The minimum Gasteiger partial charge on any atom is -0.478 e. The van der Waals surface area contributed by atoms with Crippen LogP contribution in [0, 0.1) is 12.8 Å². The predicted molar refractivity (Wildman–Crippen MR) is 63.5 cm³/mol. The first-order chi connectivity index (χ1) is 7.40. The standard InChI is InChI=1S/C12H16N2O2/c1-7(2)9(4)14-11-6-10(12(15)16)5-8(3)13-11/h5-7H,4H2,1-3H3,(H,13,14)(H,15,16). The molecule has 4 heteroatoms. The van der Waals surface area contributed by atoms with Crippen LogP contribution in [0.25, 0.3) is 0 Å². The van der Waals surface area contributed by atoms with E-state index in [1.807, 2.05) is 13.8 Å². The van der Waals surface area contributed by atoms with Gasteiger partial charge in [0.1, 0.15) is 5.82 Å². The van der Waals surface area contributed by atoms with Crippen molar-refractivity contribution in [3.05, 3.63) is 35.7 Å². The molecule has 0 aliphatic carbocycles. The Morgan fingerprint density at radius 3 is 2.62 bits per heavy atom. The number of hydrogen-bond donors (Lipinski definition) is 2. The SMILES string of the molecule is C=C(Nc1cc(C(=O)O)cc(C)n1)C(C)C. The van der Waals surface area contributed by atoms with E-state index >= 15 is 0 Å². The maximum atomic E-state index is 10.8. The summed E-state index contributed by atoms with van der Waals surface area (Å²) in [5.74, 6) is -0.157. The van der Waals surface area contributed by atoms with Crippen molar-refractivity contribution in [2.75, 3.05) is 5.32 Å². The van der Waals surface area contributed by atoms with Crippen LogP contribution in [0.15, 0.2) is 24.4 Å². The second-order valence-corrected chi connectivity index (χ2v) is 3.99. The third-order valence-electron chi connectivity index (χ3n) is 2.19. The first kappa shape index (κ1) is 12.2. The van der Waals surface area contributed by atoms with Gasteiger partial charge in [-0.2, -0.15) is 0 Å². The quantitative estimate of drug-likeness (QED) is 0.818. The van der Waals surface area contributed by atoms with Gasteiger partial charge in [0.15, 0.2) is 0 Å². The fraction of sp³-hybridized carbons (Fsp3) is 0.333. The van der Waals surface area contributed by atoms with Crippen LogP contribution in [0.5, 0.6) is 0 Å². The van der Waals surface area contributed by atoms with Gasteiger partial charge in [-0.15, -0.1) is 0 Å². The van der Waals surface area contributed by atoms with Gasteiger partial charge in [0.2, 0.25) is 0 Å². The molecule has 0 bridgehead atoms. The van der Waals surface area contributed by atoms with Gasteiger partial charge in [-0.25, -0.2) is 9.78 Å². The van der Waals surface area contributed by atoms with E-state index in [9.17, 15) is 4.79 Å². The molecule has 0 aromatic carbocycles. The Balaban J connectivity index is 2.97. The van der Waals surface area contributed by atoms with Gasteiger partial charge in [0.25, 0.3) is 0 Å². The molecule has 0 fully saturated rings. The Hall–Kier alpha value is -1.84. The van der Waals surface area contributed by atoms with Crippen molar-refractivity contribution in [1.82, 2.24) is 4.98 Å². The lowest BCUT2D eigenvalue weighted by Crippen LogP contribution is -2.08. The van der Waals surface area contributed by atoms with Gasteiger partial charge < -0.3 is 10.4 Å². The second-order valence-electron chi connectivity index (χ2n) is 3.99. The van der Waals surface area contributed by atoms with Crippen molar-refractivity contribution in [1.29, 1.82) is 0 Å². The fourth-order valence-corrected chi connectivity index (χ4v) is 1.16. The van der Waals surface area contributed by atoms with Crippen molar-refractivity contribution in [2.24, 2.45) is 5.92 Å². The van der Waals surface area contributed by atoms with Gasteiger partial charge in [-0.1, -0.05) is 20.4 Å². The van der Waals surface area contributed by atoms with E-state index in [0.717, 1.165) is 5.70 Å². The van der Waals surface area contributed by atoms with E-state index in [-0.39, 0.29) is 11.5 Å². The Morgan fingerprint density at radius 1 is 1.50 bits per heavy atom. The van der Waals surface area contributed by atoms with Crippen molar-refractivity contribution < 1.29 is 9.90 Å². The molecule has 16 heavy (non-hydrogen) atoms. The monoisotopic (exact) mass is 220 g/mol. The average Bonchev–Trinajstić information content (AvgIpc) is 2.16. The number of anilines is 1. The molecule has 1 aromatic heterocycles. The van der Waals surface area contributed by atoms with Crippen LogP contribution in [-0.4, -0.2) is 16.1 Å². The van der Waals surface area contributed by atoms with Crippen LogP contribution in [0.4, 0.5) is 5.82 Å². The third kappa shape index (κ3) is 3.08.